The molecule has 2 heterocycles. The first kappa shape index (κ1) is 26.4. The first-order chi connectivity index (χ1) is 18.7. The number of rotatable bonds is 8. The van der Waals surface area contributed by atoms with E-state index in [0.717, 1.165) is 42.7 Å². The van der Waals surface area contributed by atoms with Gasteiger partial charge in [-0.1, -0.05) is 31.2 Å². The number of nitrogens with zero attached hydrogens (tertiary/aromatic N) is 3. The van der Waals surface area contributed by atoms with Gasteiger partial charge in [0.15, 0.2) is 11.5 Å². The Kier molecular flexibility index (Phi) is 7.38. The van der Waals surface area contributed by atoms with Crippen LogP contribution in [-0.2, 0) is 17.4 Å². The Hall–Kier alpha value is -4.18. The van der Waals surface area contributed by atoms with Gasteiger partial charge < -0.3 is 14.8 Å². The quantitative estimate of drug-likeness (QED) is 0.317. The Morgan fingerprint density at radius 3 is 2.38 bits per heavy atom. The van der Waals surface area contributed by atoms with Gasteiger partial charge in [-0.2, -0.15) is 13.2 Å². The molecule has 1 aromatic heterocycles. The number of ether oxygens (including phenoxy) is 2. The number of halogens is 3. The SMILES string of the molecule is CCN1CC(Oc2cc3c(-c4ccc(NC(=O)Cc5ccc(C(F)(F)F)cc5)cc4)ncnc3cc2OC)C1. The summed E-state index contributed by atoms with van der Waals surface area (Å²) in [6.07, 6.45) is -2.87. The maximum Gasteiger partial charge on any atom is 0.416 e. The van der Waals surface area contributed by atoms with E-state index in [2.05, 4.69) is 27.1 Å². The summed E-state index contributed by atoms with van der Waals surface area (Å²) in [5.41, 5.74) is 2.54. The second-order valence-electron chi connectivity index (χ2n) is 9.33. The van der Waals surface area contributed by atoms with E-state index < -0.39 is 11.7 Å². The summed E-state index contributed by atoms with van der Waals surface area (Å²) < 4.78 is 50.0. The Balaban J connectivity index is 1.31. The van der Waals surface area contributed by atoms with Crippen LogP contribution in [0.1, 0.15) is 18.1 Å². The molecule has 1 N–H and O–H groups in total. The van der Waals surface area contributed by atoms with Gasteiger partial charge in [-0.15, -0.1) is 0 Å². The minimum atomic E-state index is -4.41. The van der Waals surface area contributed by atoms with Crippen LogP contribution in [0.25, 0.3) is 22.2 Å². The molecule has 1 amide bonds. The van der Waals surface area contributed by atoms with Gasteiger partial charge in [-0.3, -0.25) is 9.69 Å². The third kappa shape index (κ3) is 5.96. The molecule has 0 atom stereocenters. The lowest BCUT2D eigenvalue weighted by atomic mass is 10.0. The topological polar surface area (TPSA) is 76.6 Å². The highest BCUT2D eigenvalue weighted by Gasteiger charge is 2.30. The monoisotopic (exact) mass is 536 g/mol. The van der Waals surface area contributed by atoms with Crippen molar-refractivity contribution in [1.82, 2.24) is 14.9 Å². The number of likely N-dealkylation sites (tertiary alicyclic amines) is 1. The number of methoxy groups -OCH3 is 1. The number of carbonyl (C=O) groups is 1. The van der Waals surface area contributed by atoms with E-state index >= 15 is 0 Å². The van der Waals surface area contributed by atoms with Crippen LogP contribution in [0, 0.1) is 0 Å². The van der Waals surface area contributed by atoms with Gasteiger partial charge in [0, 0.05) is 35.8 Å². The van der Waals surface area contributed by atoms with Crippen molar-refractivity contribution >= 4 is 22.5 Å². The van der Waals surface area contributed by atoms with Crippen LogP contribution in [0.4, 0.5) is 18.9 Å². The molecule has 10 heteroatoms. The van der Waals surface area contributed by atoms with Crippen molar-refractivity contribution in [2.24, 2.45) is 0 Å². The molecule has 1 saturated heterocycles. The molecule has 39 heavy (non-hydrogen) atoms. The van der Waals surface area contributed by atoms with E-state index in [0.29, 0.717) is 34.0 Å². The summed E-state index contributed by atoms with van der Waals surface area (Å²) in [6.45, 7) is 4.83. The van der Waals surface area contributed by atoms with Crippen LogP contribution < -0.4 is 14.8 Å². The van der Waals surface area contributed by atoms with E-state index in [1.807, 2.05) is 24.3 Å². The molecule has 1 aliphatic rings. The number of hydrogen-bond acceptors (Lipinski definition) is 6. The van der Waals surface area contributed by atoms with Crippen LogP contribution in [0.15, 0.2) is 67.0 Å². The molecule has 3 aromatic carbocycles. The van der Waals surface area contributed by atoms with Gasteiger partial charge in [-0.25, -0.2) is 9.97 Å². The number of hydrogen-bond donors (Lipinski definition) is 1. The molecule has 0 radical (unpaired) electrons. The van der Waals surface area contributed by atoms with E-state index in [4.69, 9.17) is 9.47 Å². The lowest BCUT2D eigenvalue weighted by Crippen LogP contribution is -2.53. The molecule has 4 aromatic rings. The molecule has 1 fully saturated rings. The van der Waals surface area contributed by atoms with Crippen LogP contribution in [0.3, 0.4) is 0 Å². The van der Waals surface area contributed by atoms with E-state index in [-0.39, 0.29) is 18.4 Å². The number of nitrogens with one attached hydrogen (secondary N) is 1. The summed E-state index contributed by atoms with van der Waals surface area (Å²) in [5, 5.41) is 3.59. The van der Waals surface area contributed by atoms with Crippen molar-refractivity contribution in [3.05, 3.63) is 78.1 Å². The minimum absolute atomic E-state index is 0.0436. The molecular formula is C29H27F3N4O3. The maximum atomic E-state index is 12.8. The zero-order chi connectivity index (χ0) is 27.6. The van der Waals surface area contributed by atoms with Crippen molar-refractivity contribution < 1.29 is 27.4 Å². The summed E-state index contributed by atoms with van der Waals surface area (Å²) in [7, 11) is 1.60. The predicted octanol–water partition coefficient (Wildman–Crippen LogP) is 5.59. The second kappa shape index (κ2) is 10.9. The summed E-state index contributed by atoms with van der Waals surface area (Å²) in [6, 6.07) is 15.5. The maximum absolute atomic E-state index is 12.8. The first-order valence-corrected chi connectivity index (χ1v) is 12.5. The normalized spacial score (nSPS) is 14.2. The lowest BCUT2D eigenvalue weighted by molar-refractivity contribution is -0.137. The van der Waals surface area contributed by atoms with Gasteiger partial charge in [0.1, 0.15) is 12.4 Å². The Morgan fingerprint density at radius 2 is 1.74 bits per heavy atom. The Morgan fingerprint density at radius 1 is 1.03 bits per heavy atom. The molecular weight excluding hydrogens is 509 g/mol. The molecule has 0 saturated carbocycles. The van der Waals surface area contributed by atoms with E-state index in [1.165, 1.54) is 18.5 Å². The Labute approximate surface area is 223 Å². The molecule has 0 unspecified atom stereocenters. The molecule has 0 bridgehead atoms. The molecule has 202 valence electrons. The van der Waals surface area contributed by atoms with Gasteiger partial charge in [0.2, 0.25) is 5.91 Å². The summed E-state index contributed by atoms with van der Waals surface area (Å²) >= 11 is 0. The van der Waals surface area contributed by atoms with Crippen molar-refractivity contribution in [2.75, 3.05) is 32.1 Å². The van der Waals surface area contributed by atoms with Crippen molar-refractivity contribution in [1.29, 1.82) is 0 Å². The van der Waals surface area contributed by atoms with Crippen molar-refractivity contribution in [2.45, 2.75) is 25.6 Å². The average molecular weight is 537 g/mol. The highest BCUT2D eigenvalue weighted by Crippen LogP contribution is 2.37. The van der Waals surface area contributed by atoms with Gasteiger partial charge in [-0.05, 0) is 42.4 Å². The Bertz CT molecular complexity index is 1470. The third-order valence-electron chi connectivity index (χ3n) is 6.67. The third-order valence-corrected chi connectivity index (χ3v) is 6.67. The number of aromatic nitrogens is 2. The second-order valence-corrected chi connectivity index (χ2v) is 9.33. The van der Waals surface area contributed by atoms with Crippen LogP contribution in [-0.4, -0.2) is 53.6 Å². The predicted molar refractivity (Wildman–Crippen MR) is 142 cm³/mol. The zero-order valence-corrected chi connectivity index (χ0v) is 21.5. The number of amides is 1. The molecule has 0 spiro atoms. The van der Waals surface area contributed by atoms with Crippen LogP contribution >= 0.6 is 0 Å². The number of likely N-dealkylation sites (N-methyl/N-ethyl adjacent to an activating group) is 1. The number of anilines is 1. The fraction of sp³-hybridized carbons (Fsp3) is 0.276. The average Bonchev–Trinajstić information content (AvgIpc) is 2.90. The van der Waals surface area contributed by atoms with E-state index in [9.17, 15) is 18.0 Å². The van der Waals surface area contributed by atoms with Crippen molar-refractivity contribution in [3.8, 4) is 22.8 Å². The van der Waals surface area contributed by atoms with Gasteiger partial charge in [0.05, 0.1) is 30.3 Å². The largest absolute Gasteiger partial charge is 0.493 e. The lowest BCUT2D eigenvalue weighted by Gasteiger charge is -2.38. The molecule has 1 aliphatic heterocycles. The van der Waals surface area contributed by atoms with E-state index in [1.54, 1.807) is 19.2 Å². The number of benzene rings is 3. The number of carbonyl (C=O) groups excluding carboxylic acids is 1. The highest BCUT2D eigenvalue weighted by molar-refractivity contribution is 5.95. The fourth-order valence-corrected chi connectivity index (χ4v) is 4.49. The minimum Gasteiger partial charge on any atom is -0.493 e. The molecule has 5 rings (SSSR count). The van der Waals surface area contributed by atoms with Crippen molar-refractivity contribution in [3.63, 3.8) is 0 Å². The fourth-order valence-electron chi connectivity index (χ4n) is 4.49. The smallest absolute Gasteiger partial charge is 0.416 e. The number of alkyl halides is 3. The first-order valence-electron chi connectivity index (χ1n) is 12.5. The highest BCUT2D eigenvalue weighted by atomic mass is 19.4. The summed E-state index contributed by atoms with van der Waals surface area (Å²) in [5.74, 6) is 0.906. The summed E-state index contributed by atoms with van der Waals surface area (Å²) in [4.78, 5) is 23.7. The zero-order valence-electron chi connectivity index (χ0n) is 21.5. The number of fused-ring (bicyclic) bond motifs is 1. The van der Waals surface area contributed by atoms with Gasteiger partial charge in [0.25, 0.3) is 0 Å². The standard InChI is InChI=1S/C29H27F3N4O3/c1-3-36-15-22(16-36)39-26-13-23-24(14-25(26)38-2)33-17-34-28(23)19-6-10-21(11-7-19)35-27(37)12-18-4-8-20(9-5-18)29(30,31)32/h4-11,13-14,17,22H,3,12,15-16H2,1-2H3,(H,35,37). The van der Waals surface area contributed by atoms with Crippen LogP contribution in [0.5, 0.6) is 11.5 Å². The van der Waals surface area contributed by atoms with Gasteiger partial charge >= 0.3 is 6.18 Å². The molecule has 7 nitrogen and oxygen atoms in total. The van der Waals surface area contributed by atoms with Crippen LogP contribution in [0.2, 0.25) is 0 Å². The molecule has 0 aliphatic carbocycles.